The molecule has 2 nitrogen and oxygen atoms in total. The lowest BCUT2D eigenvalue weighted by Gasteiger charge is -2.15. The summed E-state index contributed by atoms with van der Waals surface area (Å²) in [5.74, 6) is 1.82. The van der Waals surface area contributed by atoms with Crippen molar-refractivity contribution in [1.82, 2.24) is 0 Å². The Balaban J connectivity index is 1.91. The molecule has 0 aromatic heterocycles. The van der Waals surface area contributed by atoms with Gasteiger partial charge in [-0.2, -0.15) is 0 Å². The summed E-state index contributed by atoms with van der Waals surface area (Å²) in [6.07, 6.45) is 6.67. The molecule has 1 aromatic rings. The normalized spacial score (nSPS) is 24.8. The lowest BCUT2D eigenvalue weighted by atomic mass is 9.91. The zero-order chi connectivity index (χ0) is 11.5. The van der Waals surface area contributed by atoms with Crippen LogP contribution in [-0.4, -0.2) is 0 Å². The summed E-state index contributed by atoms with van der Waals surface area (Å²) in [5.41, 5.74) is 14.2. The van der Waals surface area contributed by atoms with Crippen LogP contribution in [0.3, 0.4) is 0 Å². The summed E-state index contributed by atoms with van der Waals surface area (Å²) in [6.45, 7) is 2.38. The molecule has 1 fully saturated rings. The van der Waals surface area contributed by atoms with Crippen LogP contribution in [0, 0.1) is 11.8 Å². The minimum absolute atomic E-state index is 0.693. The molecule has 1 saturated carbocycles. The molecule has 2 rings (SSSR count). The molecule has 1 aliphatic carbocycles. The number of anilines is 2. The second-order valence-corrected chi connectivity index (χ2v) is 5.17. The van der Waals surface area contributed by atoms with E-state index in [2.05, 4.69) is 13.0 Å². The molecule has 0 saturated heterocycles. The number of hydrogen-bond acceptors (Lipinski definition) is 2. The number of nitrogen functional groups attached to an aromatic ring is 2. The van der Waals surface area contributed by atoms with Gasteiger partial charge in [-0.25, -0.2) is 0 Å². The predicted octanol–water partition coefficient (Wildman–Crippen LogP) is 3.22. The van der Waals surface area contributed by atoms with Gasteiger partial charge in [-0.1, -0.05) is 32.3 Å². The molecule has 0 heterocycles. The van der Waals surface area contributed by atoms with E-state index < -0.39 is 0 Å². The molecule has 1 aromatic carbocycles. The third kappa shape index (κ3) is 2.49. The highest BCUT2D eigenvalue weighted by Crippen LogP contribution is 2.34. The fourth-order valence-electron chi connectivity index (χ4n) is 2.78. The van der Waals surface area contributed by atoms with Crippen molar-refractivity contribution in [2.75, 3.05) is 11.5 Å². The van der Waals surface area contributed by atoms with Crippen molar-refractivity contribution in [2.45, 2.75) is 39.0 Å². The molecule has 2 atom stereocenters. The monoisotopic (exact) mass is 218 g/mol. The van der Waals surface area contributed by atoms with Crippen molar-refractivity contribution in [1.29, 1.82) is 0 Å². The van der Waals surface area contributed by atoms with Gasteiger partial charge in [0.25, 0.3) is 0 Å². The van der Waals surface area contributed by atoms with Crippen LogP contribution in [0.1, 0.15) is 38.2 Å². The molecule has 2 unspecified atom stereocenters. The van der Waals surface area contributed by atoms with Crippen LogP contribution >= 0.6 is 0 Å². The largest absolute Gasteiger partial charge is 0.397 e. The molecule has 0 radical (unpaired) electrons. The molecular formula is C14H22N2. The van der Waals surface area contributed by atoms with Gasteiger partial charge in [0.05, 0.1) is 11.4 Å². The Morgan fingerprint density at radius 1 is 1.19 bits per heavy atom. The first-order chi connectivity index (χ1) is 7.66. The van der Waals surface area contributed by atoms with Crippen LogP contribution in [0.5, 0.6) is 0 Å². The number of rotatable bonds is 3. The molecular weight excluding hydrogens is 196 g/mol. The van der Waals surface area contributed by atoms with Gasteiger partial charge in [0.2, 0.25) is 0 Å². The summed E-state index contributed by atoms with van der Waals surface area (Å²) >= 11 is 0. The fraction of sp³-hybridized carbons (Fsp3) is 0.571. The van der Waals surface area contributed by atoms with E-state index in [1.165, 1.54) is 31.2 Å². The van der Waals surface area contributed by atoms with Gasteiger partial charge >= 0.3 is 0 Å². The molecule has 88 valence electrons. The Kier molecular flexibility index (Phi) is 3.37. The smallest absolute Gasteiger partial charge is 0.0550 e. The topological polar surface area (TPSA) is 52.0 Å². The third-order valence-electron chi connectivity index (χ3n) is 3.99. The van der Waals surface area contributed by atoms with Crippen LogP contribution < -0.4 is 11.5 Å². The van der Waals surface area contributed by atoms with E-state index >= 15 is 0 Å². The average Bonchev–Trinajstić information content (AvgIpc) is 2.66. The standard InChI is InChI=1S/C14H22N2/c1-10-3-2-4-12(10)7-5-11-6-8-13(15)14(16)9-11/h6,8-10,12H,2-5,7,15-16H2,1H3. The highest BCUT2D eigenvalue weighted by Gasteiger charge is 2.22. The first-order valence-electron chi connectivity index (χ1n) is 6.30. The summed E-state index contributed by atoms with van der Waals surface area (Å²) in [7, 11) is 0. The Morgan fingerprint density at radius 3 is 2.62 bits per heavy atom. The van der Waals surface area contributed by atoms with E-state index in [9.17, 15) is 0 Å². The number of nitrogens with two attached hydrogens (primary N) is 2. The Morgan fingerprint density at radius 2 is 2.00 bits per heavy atom. The Labute approximate surface area is 98.0 Å². The minimum atomic E-state index is 0.693. The maximum absolute atomic E-state index is 5.81. The molecule has 0 spiro atoms. The van der Waals surface area contributed by atoms with E-state index in [4.69, 9.17) is 11.5 Å². The molecule has 2 heteroatoms. The predicted molar refractivity (Wildman–Crippen MR) is 70.1 cm³/mol. The zero-order valence-corrected chi connectivity index (χ0v) is 10.1. The SMILES string of the molecule is CC1CCCC1CCc1ccc(N)c(N)c1. The number of hydrogen-bond donors (Lipinski definition) is 2. The van der Waals surface area contributed by atoms with Crippen LogP contribution in [0.4, 0.5) is 11.4 Å². The van der Waals surface area contributed by atoms with Gasteiger partial charge in [-0.05, 0) is 42.4 Å². The van der Waals surface area contributed by atoms with Gasteiger partial charge < -0.3 is 11.5 Å². The van der Waals surface area contributed by atoms with Crippen LogP contribution in [-0.2, 0) is 6.42 Å². The van der Waals surface area contributed by atoms with Crippen molar-refractivity contribution in [3.63, 3.8) is 0 Å². The van der Waals surface area contributed by atoms with Gasteiger partial charge in [-0.15, -0.1) is 0 Å². The quantitative estimate of drug-likeness (QED) is 0.765. The van der Waals surface area contributed by atoms with Crippen molar-refractivity contribution in [3.05, 3.63) is 23.8 Å². The van der Waals surface area contributed by atoms with Crippen LogP contribution in [0.15, 0.2) is 18.2 Å². The van der Waals surface area contributed by atoms with Gasteiger partial charge in [0.15, 0.2) is 0 Å². The lowest BCUT2D eigenvalue weighted by Crippen LogP contribution is -2.05. The Hall–Kier alpha value is -1.18. The molecule has 0 aliphatic heterocycles. The maximum atomic E-state index is 5.81. The Bertz CT molecular complexity index is 360. The first kappa shape index (κ1) is 11.3. The van der Waals surface area contributed by atoms with Crippen molar-refractivity contribution in [3.8, 4) is 0 Å². The second-order valence-electron chi connectivity index (χ2n) is 5.17. The first-order valence-corrected chi connectivity index (χ1v) is 6.30. The van der Waals surface area contributed by atoms with E-state index in [0.717, 1.165) is 23.9 Å². The molecule has 0 bridgehead atoms. The van der Waals surface area contributed by atoms with Crippen molar-refractivity contribution < 1.29 is 0 Å². The summed E-state index contributed by atoms with van der Waals surface area (Å²) in [5, 5.41) is 0. The number of benzene rings is 1. The average molecular weight is 218 g/mol. The molecule has 16 heavy (non-hydrogen) atoms. The molecule has 1 aliphatic rings. The van der Waals surface area contributed by atoms with E-state index in [1.807, 2.05) is 12.1 Å². The lowest BCUT2D eigenvalue weighted by molar-refractivity contribution is 0.392. The minimum Gasteiger partial charge on any atom is -0.397 e. The van der Waals surface area contributed by atoms with Crippen LogP contribution in [0.2, 0.25) is 0 Å². The van der Waals surface area contributed by atoms with Crippen LogP contribution in [0.25, 0.3) is 0 Å². The highest BCUT2D eigenvalue weighted by molar-refractivity contribution is 5.63. The summed E-state index contributed by atoms with van der Waals surface area (Å²) in [4.78, 5) is 0. The second kappa shape index (κ2) is 4.77. The maximum Gasteiger partial charge on any atom is 0.0550 e. The molecule has 4 N–H and O–H groups in total. The fourth-order valence-corrected chi connectivity index (χ4v) is 2.78. The zero-order valence-electron chi connectivity index (χ0n) is 10.1. The van der Waals surface area contributed by atoms with Gasteiger partial charge in [0, 0.05) is 0 Å². The summed E-state index contributed by atoms with van der Waals surface area (Å²) in [6, 6.07) is 6.04. The van der Waals surface area contributed by atoms with E-state index in [0.29, 0.717) is 5.69 Å². The van der Waals surface area contributed by atoms with E-state index in [-0.39, 0.29) is 0 Å². The molecule has 0 amide bonds. The van der Waals surface area contributed by atoms with Crippen molar-refractivity contribution in [2.24, 2.45) is 11.8 Å². The summed E-state index contributed by atoms with van der Waals surface area (Å²) < 4.78 is 0. The van der Waals surface area contributed by atoms with Gasteiger partial charge in [-0.3, -0.25) is 0 Å². The van der Waals surface area contributed by atoms with Gasteiger partial charge in [0.1, 0.15) is 0 Å². The number of aryl methyl sites for hydroxylation is 1. The van der Waals surface area contributed by atoms with E-state index in [1.54, 1.807) is 0 Å². The third-order valence-corrected chi connectivity index (χ3v) is 3.99. The van der Waals surface area contributed by atoms with Crippen molar-refractivity contribution >= 4 is 11.4 Å². The highest BCUT2D eigenvalue weighted by atomic mass is 14.7.